The summed E-state index contributed by atoms with van der Waals surface area (Å²) in [7, 11) is 0. The van der Waals surface area contributed by atoms with E-state index < -0.39 is 0 Å². The van der Waals surface area contributed by atoms with Crippen molar-refractivity contribution >= 4 is 17.0 Å². The first-order chi connectivity index (χ1) is 8.86. The smallest absolute Gasteiger partial charge is 0.0981 e. The maximum Gasteiger partial charge on any atom is 0.0981 e. The van der Waals surface area contributed by atoms with Crippen LogP contribution in [0.5, 0.6) is 0 Å². The summed E-state index contributed by atoms with van der Waals surface area (Å²) >= 11 is 1.79. The summed E-state index contributed by atoms with van der Waals surface area (Å²) in [5.74, 6) is 0. The van der Waals surface area contributed by atoms with Gasteiger partial charge in [-0.1, -0.05) is 26.8 Å². The third kappa shape index (κ3) is 3.57. The van der Waals surface area contributed by atoms with Crippen molar-refractivity contribution in [1.29, 1.82) is 0 Å². The van der Waals surface area contributed by atoms with Crippen LogP contribution in [-0.4, -0.2) is 4.98 Å². The molecule has 1 N–H and O–H groups in total. The fourth-order valence-corrected chi connectivity index (χ4v) is 2.69. The van der Waals surface area contributed by atoms with E-state index in [0.29, 0.717) is 0 Å². The summed E-state index contributed by atoms with van der Waals surface area (Å²) in [6.07, 6.45) is 1.99. The molecule has 0 spiro atoms. The Hall–Kier alpha value is -1.35. The number of rotatable bonds is 3. The molecule has 0 bridgehead atoms. The molecule has 0 saturated carbocycles. The molecule has 1 aromatic heterocycles. The standard InChI is InChI=1S/C16H22N2S/c1-11-6-7-13(8-12(11)2)17-9-14-10-18-15(19-14)16(3,4)5/h6-8,10,17H,9H2,1-5H3. The van der Waals surface area contributed by atoms with Crippen molar-refractivity contribution in [2.45, 2.75) is 46.6 Å². The van der Waals surface area contributed by atoms with Gasteiger partial charge in [0.25, 0.3) is 0 Å². The van der Waals surface area contributed by atoms with Crippen LogP contribution in [0.3, 0.4) is 0 Å². The topological polar surface area (TPSA) is 24.9 Å². The summed E-state index contributed by atoms with van der Waals surface area (Å²) < 4.78 is 0. The Morgan fingerprint density at radius 1 is 1.16 bits per heavy atom. The summed E-state index contributed by atoms with van der Waals surface area (Å²) in [5.41, 5.74) is 3.97. The molecule has 0 atom stereocenters. The maximum atomic E-state index is 4.51. The Morgan fingerprint density at radius 3 is 2.47 bits per heavy atom. The van der Waals surface area contributed by atoms with Crippen LogP contribution in [0.1, 0.15) is 41.8 Å². The van der Waals surface area contributed by atoms with E-state index >= 15 is 0 Å². The SMILES string of the molecule is Cc1ccc(NCc2cnc(C(C)(C)C)s2)cc1C. The molecule has 19 heavy (non-hydrogen) atoms. The van der Waals surface area contributed by atoms with Gasteiger partial charge in [0.15, 0.2) is 0 Å². The predicted octanol–water partition coefficient (Wildman–Crippen LogP) is 4.67. The molecular formula is C16H22N2S. The van der Waals surface area contributed by atoms with E-state index in [0.717, 1.165) is 6.54 Å². The van der Waals surface area contributed by atoms with Crippen LogP contribution >= 0.6 is 11.3 Å². The molecule has 0 unspecified atom stereocenters. The summed E-state index contributed by atoms with van der Waals surface area (Å²) in [6.45, 7) is 11.7. The van der Waals surface area contributed by atoms with Crippen molar-refractivity contribution in [2.75, 3.05) is 5.32 Å². The lowest BCUT2D eigenvalue weighted by Gasteiger charge is -2.13. The molecule has 3 heteroatoms. The minimum atomic E-state index is 0.142. The van der Waals surface area contributed by atoms with Crippen molar-refractivity contribution in [3.05, 3.63) is 45.4 Å². The molecule has 2 aromatic rings. The van der Waals surface area contributed by atoms with Gasteiger partial charge in [0.2, 0.25) is 0 Å². The number of hydrogen-bond donors (Lipinski definition) is 1. The van der Waals surface area contributed by atoms with Crippen LogP contribution in [0.15, 0.2) is 24.4 Å². The highest BCUT2D eigenvalue weighted by Crippen LogP contribution is 2.27. The number of thiazole rings is 1. The molecule has 0 saturated heterocycles. The average molecular weight is 274 g/mol. The maximum absolute atomic E-state index is 4.51. The fourth-order valence-electron chi connectivity index (χ4n) is 1.78. The Bertz CT molecular complexity index is 564. The number of nitrogens with one attached hydrogen (secondary N) is 1. The van der Waals surface area contributed by atoms with E-state index in [1.165, 1.54) is 26.7 Å². The number of anilines is 1. The highest BCUT2D eigenvalue weighted by atomic mass is 32.1. The molecule has 0 aliphatic carbocycles. The van der Waals surface area contributed by atoms with E-state index in [4.69, 9.17) is 0 Å². The second kappa shape index (κ2) is 5.33. The lowest BCUT2D eigenvalue weighted by Crippen LogP contribution is -2.09. The quantitative estimate of drug-likeness (QED) is 0.879. The summed E-state index contributed by atoms with van der Waals surface area (Å²) in [5, 5.41) is 4.66. The van der Waals surface area contributed by atoms with E-state index in [9.17, 15) is 0 Å². The second-order valence-corrected chi connectivity index (χ2v) is 7.15. The normalized spacial score (nSPS) is 11.6. The second-order valence-electron chi connectivity index (χ2n) is 6.03. The zero-order chi connectivity index (χ0) is 14.0. The van der Waals surface area contributed by atoms with E-state index in [1.807, 2.05) is 6.20 Å². The predicted molar refractivity (Wildman–Crippen MR) is 84.1 cm³/mol. The van der Waals surface area contributed by atoms with Crippen LogP contribution in [0.25, 0.3) is 0 Å². The highest BCUT2D eigenvalue weighted by Gasteiger charge is 2.17. The fraction of sp³-hybridized carbons (Fsp3) is 0.438. The molecule has 2 rings (SSSR count). The average Bonchev–Trinajstić information content (AvgIpc) is 2.79. The van der Waals surface area contributed by atoms with Crippen LogP contribution in [-0.2, 0) is 12.0 Å². The van der Waals surface area contributed by atoms with Crippen LogP contribution in [0, 0.1) is 13.8 Å². The van der Waals surface area contributed by atoms with Crippen molar-refractivity contribution in [3.8, 4) is 0 Å². The Morgan fingerprint density at radius 2 is 1.89 bits per heavy atom. The van der Waals surface area contributed by atoms with E-state index in [-0.39, 0.29) is 5.41 Å². The van der Waals surface area contributed by atoms with Gasteiger partial charge in [-0.3, -0.25) is 0 Å². The molecule has 1 heterocycles. The van der Waals surface area contributed by atoms with Gasteiger partial charge in [0.1, 0.15) is 0 Å². The van der Waals surface area contributed by atoms with Crippen molar-refractivity contribution in [3.63, 3.8) is 0 Å². The van der Waals surface area contributed by atoms with Gasteiger partial charge in [-0.15, -0.1) is 11.3 Å². The molecule has 0 aliphatic heterocycles. The highest BCUT2D eigenvalue weighted by molar-refractivity contribution is 7.11. The first kappa shape index (κ1) is 14.1. The van der Waals surface area contributed by atoms with Crippen LogP contribution < -0.4 is 5.32 Å². The van der Waals surface area contributed by atoms with E-state index in [1.54, 1.807) is 11.3 Å². The summed E-state index contributed by atoms with van der Waals surface area (Å²) in [6, 6.07) is 6.49. The van der Waals surface area contributed by atoms with E-state index in [2.05, 4.69) is 63.1 Å². The Balaban J connectivity index is 2.02. The Kier molecular flexibility index (Phi) is 3.95. The van der Waals surface area contributed by atoms with Gasteiger partial charge >= 0.3 is 0 Å². The number of benzene rings is 1. The van der Waals surface area contributed by atoms with Crippen LogP contribution in [0.4, 0.5) is 5.69 Å². The minimum absolute atomic E-state index is 0.142. The van der Waals surface area contributed by atoms with Gasteiger partial charge < -0.3 is 5.32 Å². The van der Waals surface area contributed by atoms with Crippen molar-refractivity contribution in [2.24, 2.45) is 0 Å². The van der Waals surface area contributed by atoms with Gasteiger partial charge in [-0.25, -0.2) is 4.98 Å². The van der Waals surface area contributed by atoms with Gasteiger partial charge in [-0.2, -0.15) is 0 Å². The largest absolute Gasteiger partial charge is 0.380 e. The zero-order valence-corrected chi connectivity index (χ0v) is 13.2. The zero-order valence-electron chi connectivity index (χ0n) is 12.4. The lowest BCUT2D eigenvalue weighted by atomic mass is 9.98. The molecule has 102 valence electrons. The molecule has 0 aliphatic rings. The lowest BCUT2D eigenvalue weighted by molar-refractivity contribution is 0.585. The number of hydrogen-bond acceptors (Lipinski definition) is 3. The first-order valence-electron chi connectivity index (χ1n) is 6.62. The first-order valence-corrected chi connectivity index (χ1v) is 7.44. The molecule has 2 nitrogen and oxygen atoms in total. The third-order valence-electron chi connectivity index (χ3n) is 3.17. The number of aryl methyl sites for hydroxylation is 2. The van der Waals surface area contributed by atoms with Crippen molar-refractivity contribution in [1.82, 2.24) is 4.98 Å². The molecule has 0 radical (unpaired) electrons. The third-order valence-corrected chi connectivity index (χ3v) is 4.59. The minimum Gasteiger partial charge on any atom is -0.380 e. The van der Waals surface area contributed by atoms with Gasteiger partial charge in [0, 0.05) is 22.2 Å². The molecule has 0 fully saturated rings. The monoisotopic (exact) mass is 274 g/mol. The van der Waals surface area contributed by atoms with Crippen molar-refractivity contribution < 1.29 is 0 Å². The summed E-state index contributed by atoms with van der Waals surface area (Å²) in [4.78, 5) is 5.79. The Labute approximate surface area is 119 Å². The van der Waals surface area contributed by atoms with Crippen LogP contribution in [0.2, 0.25) is 0 Å². The van der Waals surface area contributed by atoms with Gasteiger partial charge in [0.05, 0.1) is 11.6 Å². The number of nitrogens with zero attached hydrogens (tertiary/aromatic N) is 1. The van der Waals surface area contributed by atoms with Gasteiger partial charge in [-0.05, 0) is 37.1 Å². The molecular weight excluding hydrogens is 252 g/mol. The number of aromatic nitrogens is 1. The molecule has 0 amide bonds. The molecule has 1 aromatic carbocycles.